The van der Waals surface area contributed by atoms with E-state index in [4.69, 9.17) is 0 Å². The van der Waals surface area contributed by atoms with Crippen LogP contribution in [0.25, 0.3) is 0 Å². The van der Waals surface area contributed by atoms with Crippen molar-refractivity contribution in [3.05, 3.63) is 119 Å². The summed E-state index contributed by atoms with van der Waals surface area (Å²) in [5, 5.41) is 0. The number of nitrogens with zero attached hydrogens (tertiary/aromatic N) is 1. The second kappa shape index (κ2) is 6.69. The first-order chi connectivity index (χ1) is 13.2. The van der Waals surface area contributed by atoms with E-state index in [2.05, 4.69) is 0 Å². The number of benzene rings is 3. The van der Waals surface area contributed by atoms with E-state index in [1.165, 1.54) is 11.0 Å². The third-order valence-electron chi connectivity index (χ3n) is 5.01. The Morgan fingerprint density at radius 1 is 0.630 bits per heavy atom. The number of hydrogen-bond donors (Lipinski definition) is 0. The van der Waals surface area contributed by atoms with Crippen LogP contribution in [0.2, 0.25) is 0 Å². The van der Waals surface area contributed by atoms with Crippen molar-refractivity contribution >= 4 is 11.8 Å². The first kappa shape index (κ1) is 17.0. The zero-order valence-electron chi connectivity index (χ0n) is 15.0. The molecule has 0 spiro atoms. The minimum Gasteiger partial charge on any atom is -0.269 e. The summed E-state index contributed by atoms with van der Waals surface area (Å²) in [4.78, 5) is 27.5. The summed E-state index contributed by atoms with van der Waals surface area (Å²) in [5.41, 5.74) is 2.02. The molecule has 0 radical (unpaired) electrons. The molecule has 2 amide bonds. The fourth-order valence-corrected chi connectivity index (χ4v) is 3.83. The summed E-state index contributed by atoms with van der Waals surface area (Å²) < 4.78 is 0. The SMILES string of the molecule is CC1=CC(=O)N(C(c2ccccc2)(c2ccccc2)c2ccccc2)C1=O. The Labute approximate surface area is 158 Å². The zero-order chi connectivity index (χ0) is 18.9. The molecule has 132 valence electrons. The normalized spacial score (nSPS) is 14.4. The van der Waals surface area contributed by atoms with Gasteiger partial charge in [0.05, 0.1) is 0 Å². The van der Waals surface area contributed by atoms with E-state index < -0.39 is 5.54 Å². The van der Waals surface area contributed by atoms with Gasteiger partial charge in [0.25, 0.3) is 11.8 Å². The predicted molar refractivity (Wildman–Crippen MR) is 105 cm³/mol. The minimum absolute atomic E-state index is 0.267. The number of rotatable bonds is 4. The highest BCUT2D eigenvalue weighted by molar-refractivity contribution is 6.17. The fourth-order valence-electron chi connectivity index (χ4n) is 3.83. The molecule has 0 fully saturated rings. The third-order valence-corrected chi connectivity index (χ3v) is 5.01. The highest BCUT2D eigenvalue weighted by atomic mass is 16.2. The van der Waals surface area contributed by atoms with Gasteiger partial charge in [0.15, 0.2) is 0 Å². The lowest BCUT2D eigenvalue weighted by molar-refractivity contribution is -0.141. The van der Waals surface area contributed by atoms with Crippen molar-refractivity contribution in [2.24, 2.45) is 0 Å². The molecular weight excluding hydrogens is 334 g/mol. The van der Waals surface area contributed by atoms with Crippen LogP contribution in [0.5, 0.6) is 0 Å². The second-order valence-electron chi connectivity index (χ2n) is 6.61. The van der Waals surface area contributed by atoms with Crippen molar-refractivity contribution in [3.8, 4) is 0 Å². The van der Waals surface area contributed by atoms with Crippen LogP contribution in [-0.2, 0) is 15.1 Å². The molecule has 0 bridgehead atoms. The van der Waals surface area contributed by atoms with Crippen molar-refractivity contribution in [2.45, 2.75) is 12.5 Å². The average molecular weight is 353 g/mol. The molecule has 0 aromatic heterocycles. The number of carbonyl (C=O) groups excluding carboxylic acids is 2. The van der Waals surface area contributed by atoms with Gasteiger partial charge in [0.2, 0.25) is 0 Å². The van der Waals surface area contributed by atoms with Crippen LogP contribution in [0, 0.1) is 0 Å². The highest BCUT2D eigenvalue weighted by Gasteiger charge is 2.49. The zero-order valence-corrected chi connectivity index (χ0v) is 15.0. The van der Waals surface area contributed by atoms with Gasteiger partial charge in [-0.2, -0.15) is 0 Å². The Morgan fingerprint density at radius 3 is 1.30 bits per heavy atom. The van der Waals surface area contributed by atoms with E-state index >= 15 is 0 Å². The van der Waals surface area contributed by atoms with Crippen LogP contribution in [-0.4, -0.2) is 16.7 Å². The summed E-state index contributed by atoms with van der Waals surface area (Å²) in [6, 6.07) is 29.2. The molecule has 0 aliphatic carbocycles. The van der Waals surface area contributed by atoms with Crippen LogP contribution in [0.1, 0.15) is 23.6 Å². The summed E-state index contributed by atoms with van der Waals surface area (Å²) in [7, 11) is 0. The molecule has 27 heavy (non-hydrogen) atoms. The van der Waals surface area contributed by atoms with E-state index in [9.17, 15) is 9.59 Å². The number of amides is 2. The number of imide groups is 1. The van der Waals surface area contributed by atoms with Gasteiger partial charge >= 0.3 is 0 Å². The average Bonchev–Trinajstić information content (AvgIpc) is 2.98. The molecule has 0 atom stereocenters. The van der Waals surface area contributed by atoms with E-state index in [1.807, 2.05) is 91.0 Å². The van der Waals surface area contributed by atoms with Crippen molar-refractivity contribution in [1.82, 2.24) is 4.90 Å². The Balaban J connectivity index is 2.11. The summed E-state index contributed by atoms with van der Waals surface area (Å²) in [6.07, 6.45) is 1.42. The molecule has 1 aliphatic rings. The maximum Gasteiger partial charge on any atom is 0.257 e. The first-order valence-corrected chi connectivity index (χ1v) is 8.89. The van der Waals surface area contributed by atoms with Crippen molar-refractivity contribution in [3.63, 3.8) is 0 Å². The predicted octanol–water partition coefficient (Wildman–Crippen LogP) is 4.29. The van der Waals surface area contributed by atoms with Gasteiger partial charge in [-0.15, -0.1) is 0 Å². The largest absolute Gasteiger partial charge is 0.269 e. The topological polar surface area (TPSA) is 37.4 Å². The molecule has 1 heterocycles. The summed E-state index contributed by atoms with van der Waals surface area (Å²) in [6.45, 7) is 1.69. The van der Waals surface area contributed by atoms with Gasteiger partial charge in [0.1, 0.15) is 5.54 Å². The molecule has 3 heteroatoms. The Bertz CT molecular complexity index is 911. The molecule has 0 unspecified atom stereocenters. The summed E-state index contributed by atoms with van der Waals surface area (Å²) in [5.74, 6) is -0.564. The van der Waals surface area contributed by atoms with Gasteiger partial charge in [-0.3, -0.25) is 14.5 Å². The van der Waals surface area contributed by atoms with Gasteiger partial charge in [-0.1, -0.05) is 91.0 Å². The standard InChI is InChI=1S/C24H19NO2/c1-18-17-22(26)25(23(18)27)24(19-11-5-2-6-12-19,20-13-7-3-8-14-20)21-15-9-4-10-16-21/h2-17H,1H3. The van der Waals surface area contributed by atoms with Crippen molar-refractivity contribution in [2.75, 3.05) is 0 Å². The third kappa shape index (κ3) is 2.59. The van der Waals surface area contributed by atoms with E-state index in [0.717, 1.165) is 16.7 Å². The van der Waals surface area contributed by atoms with Gasteiger partial charge in [-0.05, 0) is 23.6 Å². The van der Waals surface area contributed by atoms with Crippen LogP contribution in [0.15, 0.2) is 103 Å². The van der Waals surface area contributed by atoms with Gasteiger partial charge in [0, 0.05) is 11.6 Å². The Morgan fingerprint density at radius 2 is 1.00 bits per heavy atom. The maximum absolute atomic E-state index is 13.1. The Kier molecular flexibility index (Phi) is 4.21. The minimum atomic E-state index is -1.04. The molecule has 0 N–H and O–H groups in total. The van der Waals surface area contributed by atoms with Crippen molar-refractivity contribution < 1.29 is 9.59 Å². The summed E-state index contributed by atoms with van der Waals surface area (Å²) >= 11 is 0. The number of hydrogen-bond acceptors (Lipinski definition) is 2. The van der Waals surface area contributed by atoms with Crippen LogP contribution in [0.3, 0.4) is 0 Å². The molecule has 3 aromatic rings. The lowest BCUT2D eigenvalue weighted by atomic mass is 9.75. The lowest BCUT2D eigenvalue weighted by Crippen LogP contribution is -2.51. The Hall–Kier alpha value is -3.46. The van der Waals surface area contributed by atoms with Gasteiger partial charge in [-0.25, -0.2) is 0 Å². The first-order valence-electron chi connectivity index (χ1n) is 8.89. The van der Waals surface area contributed by atoms with E-state index in [1.54, 1.807) is 6.92 Å². The second-order valence-corrected chi connectivity index (χ2v) is 6.61. The van der Waals surface area contributed by atoms with Crippen LogP contribution in [0.4, 0.5) is 0 Å². The molecule has 3 aromatic carbocycles. The quantitative estimate of drug-likeness (QED) is 0.518. The fraction of sp³-hybridized carbons (Fsp3) is 0.0833. The highest BCUT2D eigenvalue weighted by Crippen LogP contribution is 2.44. The maximum atomic E-state index is 13.1. The molecular formula is C24H19NO2. The van der Waals surface area contributed by atoms with Crippen LogP contribution >= 0.6 is 0 Å². The van der Waals surface area contributed by atoms with Gasteiger partial charge < -0.3 is 0 Å². The lowest BCUT2D eigenvalue weighted by Gasteiger charge is -2.42. The smallest absolute Gasteiger partial charge is 0.257 e. The van der Waals surface area contributed by atoms with E-state index in [-0.39, 0.29) is 11.8 Å². The van der Waals surface area contributed by atoms with E-state index in [0.29, 0.717) is 5.57 Å². The number of carbonyl (C=O) groups is 2. The van der Waals surface area contributed by atoms with Crippen LogP contribution < -0.4 is 0 Å². The molecule has 0 saturated carbocycles. The molecule has 3 nitrogen and oxygen atoms in total. The monoisotopic (exact) mass is 353 g/mol. The molecule has 0 saturated heterocycles. The molecule has 1 aliphatic heterocycles. The van der Waals surface area contributed by atoms with Crippen molar-refractivity contribution in [1.29, 1.82) is 0 Å². The molecule has 4 rings (SSSR count).